The minimum atomic E-state index is -4.19. The number of rotatable bonds is 9. The number of nitrogens with two attached hydrogens (primary N) is 1. The van der Waals surface area contributed by atoms with Gasteiger partial charge in [-0.15, -0.1) is 0 Å². The van der Waals surface area contributed by atoms with Crippen LogP contribution in [0.25, 0.3) is 0 Å². The Labute approximate surface area is 93.0 Å². The van der Waals surface area contributed by atoms with Gasteiger partial charge in [-0.2, -0.15) is 13.2 Å². The summed E-state index contributed by atoms with van der Waals surface area (Å²) in [5, 5.41) is 2.41. The molecular formula is C9H18F3N3O. The third-order valence-corrected chi connectivity index (χ3v) is 1.96. The lowest BCUT2D eigenvalue weighted by molar-refractivity contribution is -0.146. The van der Waals surface area contributed by atoms with Gasteiger partial charge >= 0.3 is 6.18 Å². The van der Waals surface area contributed by atoms with Crippen LogP contribution in [0.4, 0.5) is 13.2 Å². The summed E-state index contributed by atoms with van der Waals surface area (Å²) in [7, 11) is 0. The number of halogens is 3. The Morgan fingerprint density at radius 3 is 2.38 bits per heavy atom. The van der Waals surface area contributed by atoms with Crippen molar-refractivity contribution in [2.24, 2.45) is 5.73 Å². The van der Waals surface area contributed by atoms with E-state index in [2.05, 4.69) is 5.32 Å². The minimum Gasteiger partial charge on any atom is -0.359 e. The second-order valence-corrected chi connectivity index (χ2v) is 3.46. The lowest BCUT2D eigenvalue weighted by Crippen LogP contribution is -2.37. The number of alkyl halides is 3. The van der Waals surface area contributed by atoms with Crippen molar-refractivity contribution >= 4 is 6.41 Å². The number of nitrogens with zero attached hydrogens (tertiary/aromatic N) is 1. The molecule has 0 aliphatic heterocycles. The Balaban J connectivity index is 3.85. The first kappa shape index (κ1) is 15.2. The Kier molecular flexibility index (Phi) is 7.92. The van der Waals surface area contributed by atoms with Gasteiger partial charge in [-0.25, -0.2) is 0 Å². The van der Waals surface area contributed by atoms with Crippen LogP contribution >= 0.6 is 0 Å². The molecule has 0 rings (SSSR count). The maximum atomic E-state index is 12.2. The largest absolute Gasteiger partial charge is 0.401 e. The molecule has 0 atom stereocenters. The predicted octanol–water partition coefficient (Wildman–Crippen LogP) is 0.336. The van der Waals surface area contributed by atoms with E-state index in [9.17, 15) is 18.0 Å². The molecule has 0 aromatic carbocycles. The van der Waals surface area contributed by atoms with E-state index in [1.165, 1.54) is 4.90 Å². The van der Waals surface area contributed by atoms with E-state index >= 15 is 0 Å². The van der Waals surface area contributed by atoms with E-state index in [1.54, 1.807) is 0 Å². The van der Waals surface area contributed by atoms with Crippen LogP contribution in [0, 0.1) is 0 Å². The topological polar surface area (TPSA) is 58.4 Å². The summed E-state index contributed by atoms with van der Waals surface area (Å²) >= 11 is 0. The highest BCUT2D eigenvalue weighted by Gasteiger charge is 2.30. The zero-order valence-corrected chi connectivity index (χ0v) is 9.09. The number of carbonyl (C=O) groups is 1. The quantitative estimate of drug-likeness (QED) is 0.452. The molecule has 96 valence electrons. The first-order chi connectivity index (χ1) is 7.49. The standard InChI is InChI=1S/C9H18F3N3O/c10-9(11,12)7-15(5-1-3-13)6-2-4-14-8-16/h8H,1-7,13H2,(H,14,16). The molecule has 0 saturated heterocycles. The molecule has 3 N–H and O–H groups in total. The van der Waals surface area contributed by atoms with Gasteiger partial charge in [0.1, 0.15) is 0 Å². The van der Waals surface area contributed by atoms with Gasteiger partial charge in [-0.1, -0.05) is 0 Å². The van der Waals surface area contributed by atoms with Crippen LogP contribution in [0.5, 0.6) is 0 Å². The average Bonchev–Trinajstić information content (AvgIpc) is 2.18. The van der Waals surface area contributed by atoms with E-state index in [4.69, 9.17) is 5.73 Å². The Morgan fingerprint density at radius 2 is 1.88 bits per heavy atom. The monoisotopic (exact) mass is 241 g/mol. The molecule has 0 spiro atoms. The lowest BCUT2D eigenvalue weighted by atomic mass is 10.3. The highest BCUT2D eigenvalue weighted by Crippen LogP contribution is 2.16. The van der Waals surface area contributed by atoms with Crippen LogP contribution in [0.1, 0.15) is 12.8 Å². The van der Waals surface area contributed by atoms with Gasteiger partial charge in [0.2, 0.25) is 6.41 Å². The molecule has 0 heterocycles. The highest BCUT2D eigenvalue weighted by molar-refractivity contribution is 5.45. The van der Waals surface area contributed by atoms with Crippen LogP contribution in [0.3, 0.4) is 0 Å². The SMILES string of the molecule is NCCCN(CCCNC=O)CC(F)(F)F. The van der Waals surface area contributed by atoms with E-state index in [0.29, 0.717) is 45.4 Å². The van der Waals surface area contributed by atoms with Crippen LogP contribution in [0.15, 0.2) is 0 Å². The van der Waals surface area contributed by atoms with Crippen molar-refractivity contribution in [3.05, 3.63) is 0 Å². The smallest absolute Gasteiger partial charge is 0.359 e. The van der Waals surface area contributed by atoms with Gasteiger partial charge < -0.3 is 11.1 Å². The fraction of sp³-hybridized carbons (Fsp3) is 0.889. The molecule has 7 heteroatoms. The van der Waals surface area contributed by atoms with Gasteiger partial charge in [-0.3, -0.25) is 9.69 Å². The summed E-state index contributed by atoms with van der Waals surface area (Å²) in [6.45, 7) is 0.479. The van der Waals surface area contributed by atoms with Crippen LogP contribution in [0.2, 0.25) is 0 Å². The van der Waals surface area contributed by atoms with Crippen molar-refractivity contribution in [3.8, 4) is 0 Å². The molecule has 0 aliphatic carbocycles. The first-order valence-corrected chi connectivity index (χ1v) is 5.16. The second-order valence-electron chi connectivity index (χ2n) is 3.46. The molecular weight excluding hydrogens is 223 g/mol. The Morgan fingerprint density at radius 1 is 1.25 bits per heavy atom. The number of carbonyl (C=O) groups excluding carboxylic acids is 1. The number of amides is 1. The summed E-state index contributed by atoms with van der Waals surface area (Å²) in [6, 6.07) is 0. The summed E-state index contributed by atoms with van der Waals surface area (Å²) in [5.74, 6) is 0. The third kappa shape index (κ3) is 9.72. The van der Waals surface area contributed by atoms with Gasteiger partial charge in [-0.05, 0) is 25.9 Å². The van der Waals surface area contributed by atoms with Crippen LogP contribution in [-0.4, -0.2) is 50.2 Å². The van der Waals surface area contributed by atoms with Crippen molar-refractivity contribution in [1.29, 1.82) is 0 Å². The molecule has 0 aromatic heterocycles. The fourth-order valence-corrected chi connectivity index (χ4v) is 1.30. The molecule has 0 bridgehead atoms. The summed E-state index contributed by atoms with van der Waals surface area (Å²) in [6.07, 6.45) is -2.61. The summed E-state index contributed by atoms with van der Waals surface area (Å²) in [4.78, 5) is 11.2. The molecule has 0 unspecified atom stereocenters. The summed E-state index contributed by atoms with van der Waals surface area (Å²) < 4.78 is 36.5. The molecule has 0 fully saturated rings. The molecule has 0 aromatic rings. The van der Waals surface area contributed by atoms with Gasteiger partial charge in [0.15, 0.2) is 0 Å². The number of hydrogen-bond acceptors (Lipinski definition) is 3. The number of nitrogens with one attached hydrogen (secondary N) is 1. The van der Waals surface area contributed by atoms with Crippen molar-refractivity contribution in [1.82, 2.24) is 10.2 Å². The van der Waals surface area contributed by atoms with E-state index in [1.807, 2.05) is 0 Å². The van der Waals surface area contributed by atoms with Gasteiger partial charge in [0.25, 0.3) is 0 Å². The Bertz CT molecular complexity index is 187. The third-order valence-electron chi connectivity index (χ3n) is 1.96. The second kappa shape index (κ2) is 8.35. The maximum Gasteiger partial charge on any atom is 0.401 e. The van der Waals surface area contributed by atoms with E-state index in [0.717, 1.165) is 0 Å². The summed E-state index contributed by atoms with van der Waals surface area (Å²) in [5.41, 5.74) is 5.25. The lowest BCUT2D eigenvalue weighted by Gasteiger charge is -2.23. The average molecular weight is 241 g/mol. The normalized spacial score (nSPS) is 11.8. The highest BCUT2D eigenvalue weighted by atomic mass is 19.4. The number of hydrogen-bond donors (Lipinski definition) is 2. The van der Waals surface area contributed by atoms with Crippen molar-refractivity contribution in [2.75, 3.05) is 32.7 Å². The van der Waals surface area contributed by atoms with Crippen molar-refractivity contribution < 1.29 is 18.0 Å². The molecule has 0 radical (unpaired) electrons. The van der Waals surface area contributed by atoms with E-state index in [-0.39, 0.29) is 0 Å². The zero-order valence-electron chi connectivity index (χ0n) is 9.09. The van der Waals surface area contributed by atoms with Crippen molar-refractivity contribution in [2.45, 2.75) is 19.0 Å². The van der Waals surface area contributed by atoms with Crippen LogP contribution in [-0.2, 0) is 4.79 Å². The Hall–Kier alpha value is -0.820. The molecule has 1 amide bonds. The zero-order chi connectivity index (χ0) is 12.4. The van der Waals surface area contributed by atoms with Gasteiger partial charge in [0, 0.05) is 13.1 Å². The molecule has 0 saturated carbocycles. The van der Waals surface area contributed by atoms with Gasteiger partial charge in [0.05, 0.1) is 6.54 Å². The molecule has 4 nitrogen and oxygen atoms in total. The molecule has 16 heavy (non-hydrogen) atoms. The maximum absolute atomic E-state index is 12.2. The van der Waals surface area contributed by atoms with Crippen molar-refractivity contribution in [3.63, 3.8) is 0 Å². The van der Waals surface area contributed by atoms with E-state index < -0.39 is 12.7 Å². The fourth-order valence-electron chi connectivity index (χ4n) is 1.30. The predicted molar refractivity (Wildman–Crippen MR) is 54.9 cm³/mol. The first-order valence-electron chi connectivity index (χ1n) is 5.16. The van der Waals surface area contributed by atoms with Crippen LogP contribution < -0.4 is 11.1 Å². The minimum absolute atomic E-state index is 0.306. The molecule has 0 aliphatic rings.